The summed E-state index contributed by atoms with van der Waals surface area (Å²) in [5.74, 6) is 0.383. The summed E-state index contributed by atoms with van der Waals surface area (Å²) in [6, 6.07) is -0.367. The number of rotatable bonds is 2. The second-order valence-corrected chi connectivity index (χ2v) is 5.65. The van der Waals surface area contributed by atoms with Gasteiger partial charge in [-0.25, -0.2) is 9.59 Å². The molecule has 3 amide bonds. The number of hydrogen-bond donors (Lipinski definition) is 2. The topological polar surface area (TPSA) is 84.7 Å². The van der Waals surface area contributed by atoms with Crippen molar-refractivity contribution in [1.82, 2.24) is 10.2 Å². The maximum Gasteiger partial charge on any atom is 0.407 e. The van der Waals surface area contributed by atoms with E-state index in [-0.39, 0.29) is 12.1 Å². The number of hydrogen-bond acceptors (Lipinski definition) is 3. The molecule has 6 nitrogen and oxygen atoms in total. The average Bonchev–Trinajstić information content (AvgIpc) is 2.24. The number of likely N-dealkylation sites (tertiary alicyclic amines) is 1. The Balaban J connectivity index is 2.22. The van der Waals surface area contributed by atoms with Gasteiger partial charge in [0.25, 0.3) is 0 Å². The molecule has 104 valence electrons. The first-order chi connectivity index (χ1) is 8.28. The summed E-state index contributed by atoms with van der Waals surface area (Å²) in [7, 11) is 0. The molecule has 18 heavy (non-hydrogen) atoms. The third kappa shape index (κ3) is 5.25. The number of carbonyl (C=O) groups excluding carboxylic acids is 2. The van der Waals surface area contributed by atoms with Crippen LogP contribution in [0.25, 0.3) is 0 Å². The third-order valence-electron chi connectivity index (χ3n) is 2.86. The number of nitrogens with two attached hydrogens (primary N) is 1. The van der Waals surface area contributed by atoms with Crippen molar-refractivity contribution in [2.24, 2.45) is 11.7 Å². The highest BCUT2D eigenvalue weighted by atomic mass is 16.6. The van der Waals surface area contributed by atoms with Gasteiger partial charge >= 0.3 is 12.1 Å². The lowest BCUT2D eigenvalue weighted by Gasteiger charge is -2.31. The van der Waals surface area contributed by atoms with Crippen molar-refractivity contribution < 1.29 is 14.3 Å². The van der Waals surface area contributed by atoms with Gasteiger partial charge in [0.1, 0.15) is 5.60 Å². The van der Waals surface area contributed by atoms with Crippen molar-refractivity contribution >= 4 is 12.1 Å². The molecule has 1 fully saturated rings. The number of primary amides is 1. The Morgan fingerprint density at radius 2 is 1.89 bits per heavy atom. The summed E-state index contributed by atoms with van der Waals surface area (Å²) in [6.45, 7) is 7.40. The second kappa shape index (κ2) is 5.93. The summed E-state index contributed by atoms with van der Waals surface area (Å²) in [5.41, 5.74) is 4.73. The molecule has 1 rings (SSSR count). The quantitative estimate of drug-likeness (QED) is 0.782. The third-order valence-corrected chi connectivity index (χ3v) is 2.86. The van der Waals surface area contributed by atoms with E-state index in [1.165, 1.54) is 0 Å². The molecule has 0 aromatic rings. The van der Waals surface area contributed by atoms with Gasteiger partial charge in [0.15, 0.2) is 0 Å². The number of nitrogens with one attached hydrogen (secondary N) is 1. The van der Waals surface area contributed by atoms with Gasteiger partial charge < -0.3 is 20.7 Å². The standard InChI is InChI=1S/C12H23N3O3/c1-12(2,3)18-11(17)14-8-9-4-6-15(7-5-9)10(13)16/h9H,4-8H2,1-3H3,(H2,13,16)(H,14,17). The molecule has 0 atom stereocenters. The number of carbonyl (C=O) groups is 2. The number of nitrogens with zero attached hydrogens (tertiary/aromatic N) is 1. The predicted octanol–water partition coefficient (Wildman–Crippen LogP) is 1.30. The Bertz CT molecular complexity index is 304. The van der Waals surface area contributed by atoms with Crippen molar-refractivity contribution in [2.45, 2.75) is 39.2 Å². The van der Waals surface area contributed by atoms with Gasteiger partial charge in [-0.1, -0.05) is 0 Å². The predicted molar refractivity (Wildman–Crippen MR) is 68.1 cm³/mol. The van der Waals surface area contributed by atoms with Crippen LogP contribution in [-0.2, 0) is 4.74 Å². The van der Waals surface area contributed by atoms with E-state index in [9.17, 15) is 9.59 Å². The van der Waals surface area contributed by atoms with Crippen molar-refractivity contribution in [3.8, 4) is 0 Å². The molecule has 0 aromatic carbocycles. The normalized spacial score (nSPS) is 17.4. The lowest BCUT2D eigenvalue weighted by molar-refractivity contribution is 0.0511. The fourth-order valence-corrected chi connectivity index (χ4v) is 1.90. The Labute approximate surface area is 108 Å². The molecule has 3 N–H and O–H groups in total. The van der Waals surface area contributed by atoms with Gasteiger partial charge in [-0.05, 0) is 39.5 Å². The zero-order valence-electron chi connectivity index (χ0n) is 11.4. The molecule has 1 aliphatic rings. The molecule has 1 aliphatic heterocycles. The fourth-order valence-electron chi connectivity index (χ4n) is 1.90. The number of alkyl carbamates (subject to hydrolysis) is 1. The van der Waals surface area contributed by atoms with Crippen molar-refractivity contribution in [1.29, 1.82) is 0 Å². The zero-order valence-corrected chi connectivity index (χ0v) is 11.4. The molecule has 0 radical (unpaired) electrons. The molecule has 0 unspecified atom stereocenters. The highest BCUT2D eigenvalue weighted by Gasteiger charge is 2.22. The van der Waals surface area contributed by atoms with Crippen LogP contribution in [0.3, 0.4) is 0 Å². The van der Waals surface area contributed by atoms with Crippen LogP contribution < -0.4 is 11.1 Å². The molecule has 0 aromatic heterocycles. The zero-order chi connectivity index (χ0) is 13.8. The largest absolute Gasteiger partial charge is 0.444 e. The van der Waals surface area contributed by atoms with Gasteiger partial charge in [0, 0.05) is 19.6 Å². The van der Waals surface area contributed by atoms with Gasteiger partial charge in [-0.2, -0.15) is 0 Å². The van der Waals surface area contributed by atoms with Gasteiger partial charge in [0.2, 0.25) is 0 Å². The van der Waals surface area contributed by atoms with E-state index in [1.54, 1.807) is 4.90 Å². The number of ether oxygens (including phenoxy) is 1. The van der Waals surface area contributed by atoms with Crippen LogP contribution in [0.2, 0.25) is 0 Å². The van der Waals surface area contributed by atoms with Crippen LogP contribution >= 0.6 is 0 Å². The molecule has 0 aliphatic carbocycles. The average molecular weight is 257 g/mol. The van der Waals surface area contributed by atoms with Gasteiger partial charge in [0.05, 0.1) is 0 Å². The van der Waals surface area contributed by atoms with Crippen molar-refractivity contribution in [3.05, 3.63) is 0 Å². The van der Waals surface area contributed by atoms with E-state index in [0.29, 0.717) is 25.6 Å². The molecular formula is C12H23N3O3. The van der Waals surface area contributed by atoms with E-state index in [4.69, 9.17) is 10.5 Å². The van der Waals surface area contributed by atoms with Crippen LogP contribution in [0.5, 0.6) is 0 Å². The van der Waals surface area contributed by atoms with Gasteiger partial charge in [-0.15, -0.1) is 0 Å². The Kier molecular flexibility index (Phi) is 4.81. The van der Waals surface area contributed by atoms with E-state index >= 15 is 0 Å². The lowest BCUT2D eigenvalue weighted by atomic mass is 9.97. The minimum Gasteiger partial charge on any atom is -0.444 e. The molecular weight excluding hydrogens is 234 g/mol. The summed E-state index contributed by atoms with van der Waals surface area (Å²) in [5, 5.41) is 2.76. The minimum absolute atomic E-state index is 0.367. The Morgan fingerprint density at radius 3 is 2.33 bits per heavy atom. The van der Waals surface area contributed by atoms with Crippen LogP contribution in [0.1, 0.15) is 33.6 Å². The summed E-state index contributed by atoms with van der Waals surface area (Å²) in [6.07, 6.45) is 1.33. The van der Waals surface area contributed by atoms with Crippen molar-refractivity contribution in [2.75, 3.05) is 19.6 Å². The second-order valence-electron chi connectivity index (χ2n) is 5.65. The summed E-state index contributed by atoms with van der Waals surface area (Å²) >= 11 is 0. The maximum atomic E-state index is 11.5. The van der Waals surface area contributed by atoms with E-state index in [1.807, 2.05) is 20.8 Å². The molecule has 0 saturated carbocycles. The van der Waals surface area contributed by atoms with Crippen LogP contribution in [0, 0.1) is 5.92 Å². The molecule has 1 heterocycles. The highest BCUT2D eigenvalue weighted by molar-refractivity contribution is 5.72. The monoisotopic (exact) mass is 257 g/mol. The maximum absolute atomic E-state index is 11.5. The van der Waals surface area contributed by atoms with Crippen LogP contribution in [0.15, 0.2) is 0 Å². The number of amides is 3. The van der Waals surface area contributed by atoms with E-state index in [2.05, 4.69) is 5.32 Å². The summed E-state index contributed by atoms with van der Waals surface area (Å²) < 4.78 is 5.15. The first-order valence-electron chi connectivity index (χ1n) is 6.29. The van der Waals surface area contributed by atoms with Crippen LogP contribution in [0.4, 0.5) is 9.59 Å². The first-order valence-corrected chi connectivity index (χ1v) is 6.29. The minimum atomic E-state index is -0.473. The summed E-state index contributed by atoms with van der Waals surface area (Å²) in [4.78, 5) is 24.0. The first kappa shape index (κ1) is 14.6. The van der Waals surface area contributed by atoms with Gasteiger partial charge in [-0.3, -0.25) is 0 Å². The van der Waals surface area contributed by atoms with Crippen LogP contribution in [-0.4, -0.2) is 42.3 Å². The SMILES string of the molecule is CC(C)(C)OC(=O)NCC1CCN(C(N)=O)CC1. The lowest BCUT2D eigenvalue weighted by Crippen LogP contribution is -2.44. The number of urea groups is 1. The van der Waals surface area contributed by atoms with Crippen molar-refractivity contribution in [3.63, 3.8) is 0 Å². The highest BCUT2D eigenvalue weighted by Crippen LogP contribution is 2.16. The molecule has 0 spiro atoms. The Morgan fingerprint density at radius 1 is 1.33 bits per heavy atom. The molecule has 0 bridgehead atoms. The molecule has 1 saturated heterocycles. The van der Waals surface area contributed by atoms with E-state index < -0.39 is 5.60 Å². The Hall–Kier alpha value is -1.46. The fraction of sp³-hybridized carbons (Fsp3) is 0.833. The van der Waals surface area contributed by atoms with E-state index in [0.717, 1.165) is 12.8 Å². The smallest absolute Gasteiger partial charge is 0.407 e. The molecule has 6 heteroatoms. The number of piperidine rings is 1.